The first kappa shape index (κ1) is 10.0. The molecule has 0 aromatic heterocycles. The lowest BCUT2D eigenvalue weighted by Gasteiger charge is -2.27. The fraction of sp³-hybridized carbons (Fsp3) is 1.00. The Hall–Kier alpha value is -0.0800. The van der Waals surface area contributed by atoms with Gasteiger partial charge in [-0.2, -0.15) is 0 Å². The van der Waals surface area contributed by atoms with Gasteiger partial charge >= 0.3 is 0 Å². The van der Waals surface area contributed by atoms with Crippen LogP contribution in [0.5, 0.6) is 0 Å². The van der Waals surface area contributed by atoms with Crippen LogP contribution in [0.1, 0.15) is 39.5 Å². The minimum atomic E-state index is 0.494. The number of hydrogen-bond donors (Lipinski definition) is 1. The van der Waals surface area contributed by atoms with Crippen LogP contribution in [-0.2, 0) is 4.74 Å². The van der Waals surface area contributed by atoms with Gasteiger partial charge in [-0.15, -0.1) is 0 Å². The molecule has 0 unspecified atom stereocenters. The minimum Gasteiger partial charge on any atom is -0.375 e. The van der Waals surface area contributed by atoms with E-state index in [4.69, 9.17) is 4.74 Å². The van der Waals surface area contributed by atoms with Gasteiger partial charge in [0.1, 0.15) is 0 Å². The highest BCUT2D eigenvalue weighted by Gasteiger charge is 2.16. The van der Waals surface area contributed by atoms with Gasteiger partial charge in [0.05, 0.1) is 12.2 Å². The zero-order valence-corrected chi connectivity index (χ0v) is 8.31. The van der Waals surface area contributed by atoms with Gasteiger partial charge in [0.25, 0.3) is 0 Å². The molecule has 0 atom stereocenters. The molecule has 0 aromatic rings. The summed E-state index contributed by atoms with van der Waals surface area (Å²) in [4.78, 5) is 0. The van der Waals surface area contributed by atoms with E-state index >= 15 is 0 Å². The molecule has 0 aliphatic carbocycles. The fourth-order valence-electron chi connectivity index (χ4n) is 1.68. The van der Waals surface area contributed by atoms with E-state index in [0.717, 1.165) is 25.9 Å². The second-order valence-corrected chi connectivity index (χ2v) is 3.52. The molecule has 2 nitrogen and oxygen atoms in total. The summed E-state index contributed by atoms with van der Waals surface area (Å²) in [6.45, 7) is 6.67. The SMILES string of the molecule is CCC(CC)OC1CCNCC1. The molecule has 0 radical (unpaired) electrons. The van der Waals surface area contributed by atoms with E-state index < -0.39 is 0 Å². The number of hydrogen-bond acceptors (Lipinski definition) is 2. The maximum absolute atomic E-state index is 5.95. The highest BCUT2D eigenvalue weighted by atomic mass is 16.5. The molecule has 0 aromatic carbocycles. The Morgan fingerprint density at radius 3 is 2.33 bits per heavy atom. The summed E-state index contributed by atoms with van der Waals surface area (Å²) in [7, 11) is 0. The van der Waals surface area contributed by atoms with Crippen molar-refractivity contribution < 1.29 is 4.74 Å². The Morgan fingerprint density at radius 1 is 1.25 bits per heavy atom. The quantitative estimate of drug-likeness (QED) is 0.698. The number of ether oxygens (including phenoxy) is 1. The highest BCUT2D eigenvalue weighted by Crippen LogP contribution is 2.13. The average Bonchev–Trinajstić information content (AvgIpc) is 2.16. The molecular weight excluding hydrogens is 150 g/mol. The summed E-state index contributed by atoms with van der Waals surface area (Å²) in [5.74, 6) is 0. The summed E-state index contributed by atoms with van der Waals surface area (Å²) in [6.07, 6.45) is 5.71. The molecule has 0 bridgehead atoms. The van der Waals surface area contributed by atoms with Crippen LogP contribution in [0.2, 0.25) is 0 Å². The number of nitrogens with one attached hydrogen (secondary N) is 1. The van der Waals surface area contributed by atoms with E-state index in [2.05, 4.69) is 19.2 Å². The van der Waals surface area contributed by atoms with E-state index in [9.17, 15) is 0 Å². The molecule has 72 valence electrons. The Kier molecular flexibility index (Phi) is 4.62. The summed E-state index contributed by atoms with van der Waals surface area (Å²) in [6, 6.07) is 0. The molecule has 1 heterocycles. The number of rotatable bonds is 4. The third-order valence-electron chi connectivity index (χ3n) is 2.58. The first-order valence-corrected chi connectivity index (χ1v) is 5.23. The molecule has 1 aliphatic rings. The van der Waals surface area contributed by atoms with Gasteiger partial charge in [0.2, 0.25) is 0 Å². The molecule has 1 aliphatic heterocycles. The third-order valence-corrected chi connectivity index (χ3v) is 2.58. The summed E-state index contributed by atoms with van der Waals surface area (Å²) < 4.78 is 5.95. The molecule has 2 heteroatoms. The predicted molar refractivity (Wildman–Crippen MR) is 51.3 cm³/mol. The largest absolute Gasteiger partial charge is 0.375 e. The lowest BCUT2D eigenvalue weighted by molar-refractivity contribution is -0.0293. The molecule has 1 saturated heterocycles. The topological polar surface area (TPSA) is 21.3 Å². The van der Waals surface area contributed by atoms with E-state index in [1.54, 1.807) is 0 Å². The number of piperidine rings is 1. The molecule has 1 rings (SSSR count). The standard InChI is InChI=1S/C10H21NO/c1-3-9(4-2)12-10-5-7-11-8-6-10/h9-11H,3-8H2,1-2H3. The van der Waals surface area contributed by atoms with Crippen LogP contribution in [0.15, 0.2) is 0 Å². The van der Waals surface area contributed by atoms with Gasteiger partial charge < -0.3 is 10.1 Å². The maximum Gasteiger partial charge on any atom is 0.0603 e. The van der Waals surface area contributed by atoms with Crippen LogP contribution in [0, 0.1) is 0 Å². The Morgan fingerprint density at radius 2 is 1.83 bits per heavy atom. The van der Waals surface area contributed by atoms with Crippen molar-refractivity contribution in [1.29, 1.82) is 0 Å². The highest BCUT2D eigenvalue weighted by molar-refractivity contribution is 4.69. The zero-order valence-electron chi connectivity index (χ0n) is 8.31. The molecule has 0 amide bonds. The monoisotopic (exact) mass is 171 g/mol. The fourth-order valence-corrected chi connectivity index (χ4v) is 1.68. The van der Waals surface area contributed by atoms with Crippen LogP contribution >= 0.6 is 0 Å². The minimum absolute atomic E-state index is 0.494. The molecular formula is C10H21NO. The first-order valence-electron chi connectivity index (χ1n) is 5.23. The average molecular weight is 171 g/mol. The Bertz CT molecular complexity index is 106. The summed E-state index contributed by atoms with van der Waals surface area (Å²) in [5, 5.41) is 3.34. The van der Waals surface area contributed by atoms with Gasteiger partial charge in [-0.1, -0.05) is 13.8 Å². The molecule has 12 heavy (non-hydrogen) atoms. The van der Waals surface area contributed by atoms with E-state index in [1.165, 1.54) is 12.8 Å². The maximum atomic E-state index is 5.95. The van der Waals surface area contributed by atoms with Crippen molar-refractivity contribution in [3.8, 4) is 0 Å². The first-order chi connectivity index (χ1) is 5.86. The van der Waals surface area contributed by atoms with Gasteiger partial charge in [-0.05, 0) is 38.8 Å². The molecule has 0 saturated carbocycles. The molecule has 1 N–H and O–H groups in total. The smallest absolute Gasteiger partial charge is 0.0603 e. The van der Waals surface area contributed by atoms with E-state index in [0.29, 0.717) is 12.2 Å². The van der Waals surface area contributed by atoms with Gasteiger partial charge in [-0.25, -0.2) is 0 Å². The van der Waals surface area contributed by atoms with Crippen molar-refractivity contribution in [2.45, 2.75) is 51.7 Å². The normalized spacial score (nSPS) is 20.2. The van der Waals surface area contributed by atoms with Crippen molar-refractivity contribution in [2.75, 3.05) is 13.1 Å². The summed E-state index contributed by atoms with van der Waals surface area (Å²) >= 11 is 0. The van der Waals surface area contributed by atoms with Gasteiger partial charge in [0.15, 0.2) is 0 Å². The van der Waals surface area contributed by atoms with Crippen LogP contribution in [-0.4, -0.2) is 25.3 Å². The van der Waals surface area contributed by atoms with Gasteiger partial charge in [-0.3, -0.25) is 0 Å². The van der Waals surface area contributed by atoms with Crippen molar-refractivity contribution in [2.24, 2.45) is 0 Å². The lowest BCUT2D eigenvalue weighted by Crippen LogP contribution is -2.34. The van der Waals surface area contributed by atoms with Crippen molar-refractivity contribution in [3.63, 3.8) is 0 Å². The van der Waals surface area contributed by atoms with Crippen LogP contribution in [0.25, 0.3) is 0 Å². The molecule has 0 spiro atoms. The van der Waals surface area contributed by atoms with Crippen LogP contribution in [0.4, 0.5) is 0 Å². The van der Waals surface area contributed by atoms with Gasteiger partial charge in [0, 0.05) is 0 Å². The van der Waals surface area contributed by atoms with E-state index in [1.807, 2.05) is 0 Å². The van der Waals surface area contributed by atoms with Crippen molar-refractivity contribution in [1.82, 2.24) is 5.32 Å². The van der Waals surface area contributed by atoms with Crippen LogP contribution < -0.4 is 5.32 Å². The second kappa shape index (κ2) is 5.55. The van der Waals surface area contributed by atoms with Crippen LogP contribution in [0.3, 0.4) is 0 Å². The Labute approximate surface area is 75.7 Å². The lowest BCUT2D eigenvalue weighted by atomic mass is 10.1. The third kappa shape index (κ3) is 3.11. The molecule has 1 fully saturated rings. The predicted octanol–water partition coefficient (Wildman–Crippen LogP) is 1.94. The zero-order chi connectivity index (χ0) is 8.81. The Balaban J connectivity index is 2.18. The van der Waals surface area contributed by atoms with Crippen molar-refractivity contribution >= 4 is 0 Å². The van der Waals surface area contributed by atoms with E-state index in [-0.39, 0.29) is 0 Å². The van der Waals surface area contributed by atoms with Crippen molar-refractivity contribution in [3.05, 3.63) is 0 Å². The summed E-state index contributed by atoms with van der Waals surface area (Å²) in [5.41, 5.74) is 0. The second-order valence-electron chi connectivity index (χ2n) is 3.52.